The fourth-order valence-electron chi connectivity index (χ4n) is 2.84. The Morgan fingerprint density at radius 3 is 2.36 bits per heavy atom. The van der Waals surface area contributed by atoms with Gasteiger partial charge in [0.05, 0.1) is 5.56 Å². The monoisotopic (exact) mass is 409 g/mol. The normalized spacial score (nSPS) is 11.0. The molecule has 0 N–H and O–H groups in total. The first-order valence-electron chi connectivity index (χ1n) is 8.76. The van der Waals surface area contributed by atoms with Crippen molar-refractivity contribution in [2.75, 3.05) is 0 Å². The van der Waals surface area contributed by atoms with Crippen molar-refractivity contribution in [3.8, 4) is 17.1 Å². The Balaban J connectivity index is 1.74. The molecule has 0 aliphatic carbocycles. The Morgan fingerprint density at radius 2 is 1.64 bits per heavy atom. The van der Waals surface area contributed by atoms with Crippen LogP contribution in [0, 0.1) is 12.7 Å². The highest BCUT2D eigenvalue weighted by Gasteiger charge is 2.18. The maximum Gasteiger partial charge on any atom is 0.196 e. The van der Waals surface area contributed by atoms with E-state index in [0.717, 1.165) is 16.8 Å². The third-order valence-electron chi connectivity index (χ3n) is 4.32. The summed E-state index contributed by atoms with van der Waals surface area (Å²) in [4.78, 5) is 0. The minimum atomic E-state index is -0.322. The van der Waals surface area contributed by atoms with Gasteiger partial charge in [-0.2, -0.15) is 0 Å². The van der Waals surface area contributed by atoms with Crippen LogP contribution in [0.1, 0.15) is 11.1 Å². The predicted octanol–water partition coefficient (Wildman–Crippen LogP) is 6.33. The molecule has 0 unspecified atom stereocenters. The predicted molar refractivity (Wildman–Crippen MR) is 113 cm³/mol. The molecular formula is C22H17ClFN3S. The van der Waals surface area contributed by atoms with Crippen LogP contribution in [0.15, 0.2) is 78.0 Å². The molecule has 4 aromatic rings. The summed E-state index contributed by atoms with van der Waals surface area (Å²) in [6, 6.07) is 22.4. The number of halogens is 2. The Labute approximate surface area is 172 Å². The molecule has 6 heteroatoms. The van der Waals surface area contributed by atoms with E-state index in [2.05, 4.69) is 10.2 Å². The average Bonchev–Trinajstić information content (AvgIpc) is 3.12. The van der Waals surface area contributed by atoms with E-state index in [4.69, 9.17) is 11.6 Å². The van der Waals surface area contributed by atoms with Crippen molar-refractivity contribution < 1.29 is 4.39 Å². The molecule has 1 heterocycles. The van der Waals surface area contributed by atoms with Crippen molar-refractivity contribution in [3.63, 3.8) is 0 Å². The van der Waals surface area contributed by atoms with Crippen molar-refractivity contribution in [2.45, 2.75) is 17.8 Å². The van der Waals surface area contributed by atoms with Gasteiger partial charge in [-0.1, -0.05) is 65.3 Å². The minimum absolute atomic E-state index is 0.322. The van der Waals surface area contributed by atoms with Gasteiger partial charge in [0.25, 0.3) is 0 Å². The molecule has 0 aliphatic rings. The second-order valence-electron chi connectivity index (χ2n) is 6.37. The summed E-state index contributed by atoms with van der Waals surface area (Å²) >= 11 is 7.51. The van der Waals surface area contributed by atoms with E-state index in [-0.39, 0.29) is 5.82 Å². The highest BCUT2D eigenvalue weighted by atomic mass is 35.5. The van der Waals surface area contributed by atoms with Gasteiger partial charge < -0.3 is 0 Å². The Hall–Kier alpha value is -2.63. The molecular weight excluding hydrogens is 393 g/mol. The standard InChI is InChI=1S/C22H17ClFN3S/c1-15-6-12-18(13-7-15)27-21(19-4-2-3-5-20(19)24)25-26-22(27)28-14-16-8-10-17(23)11-9-16/h2-13H,14H2,1H3. The van der Waals surface area contributed by atoms with Crippen LogP contribution in [0.2, 0.25) is 5.02 Å². The third kappa shape index (κ3) is 3.96. The van der Waals surface area contributed by atoms with Gasteiger partial charge in [0, 0.05) is 16.5 Å². The van der Waals surface area contributed by atoms with E-state index in [1.165, 1.54) is 6.07 Å². The average molecular weight is 410 g/mol. The SMILES string of the molecule is Cc1ccc(-n2c(SCc3ccc(Cl)cc3)nnc2-c2ccccc2F)cc1. The van der Waals surface area contributed by atoms with Crippen LogP contribution in [-0.4, -0.2) is 14.8 Å². The number of nitrogens with zero attached hydrogens (tertiary/aromatic N) is 3. The van der Waals surface area contributed by atoms with E-state index < -0.39 is 0 Å². The summed E-state index contributed by atoms with van der Waals surface area (Å²) < 4.78 is 16.3. The number of aromatic nitrogens is 3. The number of rotatable bonds is 5. The molecule has 0 atom stereocenters. The molecule has 0 bridgehead atoms. The van der Waals surface area contributed by atoms with E-state index >= 15 is 0 Å². The summed E-state index contributed by atoms with van der Waals surface area (Å²) in [7, 11) is 0. The van der Waals surface area contributed by atoms with E-state index in [0.29, 0.717) is 27.3 Å². The van der Waals surface area contributed by atoms with Gasteiger partial charge in [0.1, 0.15) is 5.82 Å². The van der Waals surface area contributed by atoms with Gasteiger partial charge in [-0.05, 0) is 48.9 Å². The quantitative estimate of drug-likeness (QED) is 0.361. The summed E-state index contributed by atoms with van der Waals surface area (Å²) in [6.07, 6.45) is 0. The fourth-order valence-corrected chi connectivity index (χ4v) is 3.87. The Bertz CT molecular complexity index is 1090. The van der Waals surface area contributed by atoms with Crippen molar-refractivity contribution in [2.24, 2.45) is 0 Å². The molecule has 0 spiro atoms. The first kappa shape index (κ1) is 18.7. The number of hydrogen-bond acceptors (Lipinski definition) is 3. The van der Waals surface area contributed by atoms with E-state index in [1.54, 1.807) is 30.0 Å². The molecule has 3 nitrogen and oxygen atoms in total. The number of hydrogen-bond donors (Lipinski definition) is 0. The summed E-state index contributed by atoms with van der Waals surface area (Å²) in [5.74, 6) is 0.872. The van der Waals surface area contributed by atoms with Crippen LogP contribution in [0.4, 0.5) is 4.39 Å². The van der Waals surface area contributed by atoms with Crippen LogP contribution in [0.3, 0.4) is 0 Å². The topological polar surface area (TPSA) is 30.7 Å². The molecule has 0 saturated carbocycles. The first-order valence-corrected chi connectivity index (χ1v) is 10.1. The van der Waals surface area contributed by atoms with Crippen LogP contribution < -0.4 is 0 Å². The molecule has 0 saturated heterocycles. The third-order valence-corrected chi connectivity index (χ3v) is 5.57. The Morgan fingerprint density at radius 1 is 0.929 bits per heavy atom. The lowest BCUT2D eigenvalue weighted by atomic mass is 10.2. The van der Waals surface area contributed by atoms with Crippen LogP contribution >= 0.6 is 23.4 Å². The highest BCUT2D eigenvalue weighted by Crippen LogP contribution is 2.31. The zero-order valence-corrected chi connectivity index (χ0v) is 16.7. The van der Waals surface area contributed by atoms with Gasteiger partial charge in [-0.3, -0.25) is 4.57 Å². The van der Waals surface area contributed by atoms with Gasteiger partial charge in [-0.15, -0.1) is 10.2 Å². The minimum Gasteiger partial charge on any atom is -0.270 e. The lowest BCUT2D eigenvalue weighted by Crippen LogP contribution is -2.01. The maximum atomic E-state index is 14.4. The van der Waals surface area contributed by atoms with Gasteiger partial charge in [0.15, 0.2) is 11.0 Å². The van der Waals surface area contributed by atoms with Gasteiger partial charge in [0.2, 0.25) is 0 Å². The second-order valence-corrected chi connectivity index (χ2v) is 7.75. The zero-order valence-electron chi connectivity index (χ0n) is 15.1. The van der Waals surface area contributed by atoms with Gasteiger partial charge >= 0.3 is 0 Å². The molecule has 3 aromatic carbocycles. The summed E-state index contributed by atoms with van der Waals surface area (Å²) in [6.45, 7) is 2.03. The van der Waals surface area contributed by atoms with Crippen LogP contribution in [0.25, 0.3) is 17.1 Å². The number of aryl methyl sites for hydroxylation is 1. The Kier molecular flexibility index (Phi) is 5.46. The molecule has 4 rings (SSSR count). The van der Waals surface area contributed by atoms with Crippen LogP contribution in [-0.2, 0) is 5.75 Å². The van der Waals surface area contributed by atoms with Crippen LogP contribution in [0.5, 0.6) is 0 Å². The van der Waals surface area contributed by atoms with Gasteiger partial charge in [-0.25, -0.2) is 4.39 Å². The molecule has 0 fully saturated rings. The molecule has 0 radical (unpaired) electrons. The molecule has 0 amide bonds. The first-order chi connectivity index (χ1) is 13.6. The molecule has 1 aromatic heterocycles. The zero-order chi connectivity index (χ0) is 19.5. The summed E-state index contributed by atoms with van der Waals surface area (Å²) in [5.41, 5.74) is 3.60. The highest BCUT2D eigenvalue weighted by molar-refractivity contribution is 7.98. The lowest BCUT2D eigenvalue weighted by Gasteiger charge is -2.11. The summed E-state index contributed by atoms with van der Waals surface area (Å²) in [5, 5.41) is 10.1. The largest absolute Gasteiger partial charge is 0.270 e. The smallest absolute Gasteiger partial charge is 0.196 e. The molecule has 28 heavy (non-hydrogen) atoms. The van der Waals surface area contributed by atoms with Crippen molar-refractivity contribution in [1.29, 1.82) is 0 Å². The molecule has 0 aliphatic heterocycles. The maximum absolute atomic E-state index is 14.4. The van der Waals surface area contributed by atoms with Crippen molar-refractivity contribution in [1.82, 2.24) is 14.8 Å². The number of thioether (sulfide) groups is 1. The van der Waals surface area contributed by atoms with Crippen molar-refractivity contribution in [3.05, 3.63) is 94.8 Å². The van der Waals surface area contributed by atoms with E-state index in [1.807, 2.05) is 60.0 Å². The molecule has 140 valence electrons. The van der Waals surface area contributed by atoms with E-state index in [9.17, 15) is 4.39 Å². The number of benzene rings is 3. The fraction of sp³-hybridized carbons (Fsp3) is 0.0909. The lowest BCUT2D eigenvalue weighted by molar-refractivity contribution is 0.629. The van der Waals surface area contributed by atoms with Crippen molar-refractivity contribution >= 4 is 23.4 Å². The second kappa shape index (κ2) is 8.17.